The van der Waals surface area contributed by atoms with Gasteiger partial charge < -0.3 is 11.1 Å². The van der Waals surface area contributed by atoms with Gasteiger partial charge in [-0.05, 0) is 62.1 Å². The zero-order valence-corrected chi connectivity index (χ0v) is 17.8. The van der Waals surface area contributed by atoms with Crippen LogP contribution in [0.4, 0.5) is 5.69 Å². The molecule has 8 nitrogen and oxygen atoms in total. The minimum atomic E-state index is -0.571. The number of hydrogen-bond donors (Lipinski definition) is 2. The molecular weight excluding hydrogens is 380 g/mol. The highest BCUT2D eigenvalue weighted by atomic mass is 16.2. The van der Waals surface area contributed by atoms with E-state index in [4.69, 9.17) is 5.73 Å². The molecule has 0 saturated carbocycles. The van der Waals surface area contributed by atoms with Crippen molar-refractivity contribution in [3.8, 4) is 5.69 Å². The summed E-state index contributed by atoms with van der Waals surface area (Å²) in [5.74, 6) is -0.0997. The number of nitrogens with one attached hydrogen (secondary N) is 1. The minimum Gasteiger partial charge on any atom is -0.364 e. The first-order valence-corrected chi connectivity index (χ1v) is 10.0. The summed E-state index contributed by atoms with van der Waals surface area (Å²) < 4.78 is 3.59. The molecule has 3 N–H and O–H groups in total. The fraction of sp³-hybridized carbons (Fsp3) is 0.364. The van der Waals surface area contributed by atoms with E-state index in [2.05, 4.69) is 36.3 Å². The van der Waals surface area contributed by atoms with Gasteiger partial charge in [0.15, 0.2) is 0 Å². The van der Waals surface area contributed by atoms with Gasteiger partial charge in [0.25, 0.3) is 5.91 Å². The Morgan fingerprint density at radius 3 is 2.40 bits per heavy atom. The molecule has 0 fully saturated rings. The summed E-state index contributed by atoms with van der Waals surface area (Å²) in [5.41, 5.74) is 10.2. The third kappa shape index (κ3) is 4.94. The lowest BCUT2D eigenvalue weighted by Gasteiger charge is -2.09. The normalized spacial score (nSPS) is 11.1. The van der Waals surface area contributed by atoms with Crippen LogP contribution in [0.15, 0.2) is 36.5 Å². The van der Waals surface area contributed by atoms with E-state index in [0.29, 0.717) is 24.4 Å². The molecule has 1 aromatic carbocycles. The summed E-state index contributed by atoms with van der Waals surface area (Å²) in [4.78, 5) is 23.6. The molecular formula is C22H28N6O2. The minimum absolute atomic E-state index is 0.0479. The van der Waals surface area contributed by atoms with Gasteiger partial charge in [0, 0.05) is 30.5 Å². The van der Waals surface area contributed by atoms with Crippen LogP contribution < -0.4 is 11.1 Å². The number of rotatable bonds is 8. The molecule has 2 heterocycles. The van der Waals surface area contributed by atoms with Crippen LogP contribution in [0.3, 0.4) is 0 Å². The Morgan fingerprint density at radius 1 is 1.10 bits per heavy atom. The number of hydrogen-bond acceptors (Lipinski definition) is 4. The lowest BCUT2D eigenvalue weighted by molar-refractivity contribution is -0.116. The summed E-state index contributed by atoms with van der Waals surface area (Å²) in [6.07, 6.45) is 2.71. The molecule has 2 amide bonds. The summed E-state index contributed by atoms with van der Waals surface area (Å²) >= 11 is 0. The third-order valence-electron chi connectivity index (χ3n) is 4.93. The Morgan fingerprint density at radius 2 is 1.80 bits per heavy atom. The molecule has 30 heavy (non-hydrogen) atoms. The Hall–Kier alpha value is -3.42. The third-order valence-corrected chi connectivity index (χ3v) is 4.93. The highest BCUT2D eigenvalue weighted by molar-refractivity contribution is 5.91. The average Bonchev–Trinajstić information content (AvgIpc) is 3.27. The number of aromatic nitrogens is 4. The Labute approximate surface area is 176 Å². The van der Waals surface area contributed by atoms with Crippen molar-refractivity contribution in [1.82, 2.24) is 19.6 Å². The van der Waals surface area contributed by atoms with Crippen LogP contribution in [0, 0.1) is 19.8 Å². The molecule has 158 valence electrons. The number of aryl methyl sites for hydroxylation is 1. The Balaban J connectivity index is 1.59. The van der Waals surface area contributed by atoms with E-state index in [-0.39, 0.29) is 11.6 Å². The van der Waals surface area contributed by atoms with E-state index >= 15 is 0 Å². The van der Waals surface area contributed by atoms with E-state index in [1.807, 2.05) is 23.7 Å². The first kappa shape index (κ1) is 21.3. The molecule has 0 aliphatic heterocycles. The summed E-state index contributed by atoms with van der Waals surface area (Å²) in [7, 11) is 0. The van der Waals surface area contributed by atoms with Crippen LogP contribution in [0.25, 0.3) is 5.69 Å². The quantitative estimate of drug-likeness (QED) is 0.597. The molecule has 0 atom stereocenters. The molecule has 0 spiro atoms. The maximum absolute atomic E-state index is 12.4. The zero-order valence-electron chi connectivity index (χ0n) is 17.8. The summed E-state index contributed by atoms with van der Waals surface area (Å²) in [5, 5.41) is 11.7. The molecule has 0 unspecified atom stereocenters. The standard InChI is InChI=1S/C22H28N6O2/c1-14(2)13-28-16(4)19(15(3)25-28)9-10-21(29)24-17-5-7-18(8-6-17)27-12-11-20(26-27)22(23)30/h5-8,11-12,14H,9-10,13H2,1-4H3,(H2,23,30)(H,24,29). The van der Waals surface area contributed by atoms with Crippen LogP contribution in [0.5, 0.6) is 0 Å². The van der Waals surface area contributed by atoms with Gasteiger partial charge >= 0.3 is 0 Å². The van der Waals surface area contributed by atoms with Gasteiger partial charge in [0.1, 0.15) is 5.69 Å². The number of carbonyl (C=O) groups is 2. The van der Waals surface area contributed by atoms with Gasteiger partial charge in [-0.15, -0.1) is 0 Å². The highest BCUT2D eigenvalue weighted by Gasteiger charge is 2.14. The van der Waals surface area contributed by atoms with Crippen molar-refractivity contribution in [2.75, 3.05) is 5.32 Å². The number of primary amides is 1. The number of nitrogens with two attached hydrogens (primary N) is 1. The fourth-order valence-corrected chi connectivity index (χ4v) is 3.38. The van der Waals surface area contributed by atoms with Crippen LogP contribution >= 0.6 is 0 Å². The van der Waals surface area contributed by atoms with Crippen molar-refractivity contribution in [3.05, 3.63) is 59.2 Å². The molecule has 3 rings (SSSR count). The molecule has 0 aliphatic carbocycles. The van der Waals surface area contributed by atoms with Crippen LogP contribution in [0.2, 0.25) is 0 Å². The van der Waals surface area contributed by atoms with Gasteiger partial charge in [-0.3, -0.25) is 14.3 Å². The second-order valence-electron chi connectivity index (χ2n) is 7.83. The van der Waals surface area contributed by atoms with E-state index < -0.39 is 5.91 Å². The van der Waals surface area contributed by atoms with E-state index in [1.54, 1.807) is 29.1 Å². The van der Waals surface area contributed by atoms with Crippen molar-refractivity contribution < 1.29 is 9.59 Å². The van der Waals surface area contributed by atoms with Crippen LogP contribution in [-0.4, -0.2) is 31.4 Å². The Bertz CT molecular complexity index is 1050. The van der Waals surface area contributed by atoms with Gasteiger partial charge in [-0.25, -0.2) is 4.68 Å². The van der Waals surface area contributed by atoms with E-state index in [0.717, 1.165) is 29.2 Å². The molecule has 2 aromatic heterocycles. The second kappa shape index (κ2) is 8.94. The molecule has 0 aliphatic rings. The largest absolute Gasteiger partial charge is 0.364 e. The van der Waals surface area contributed by atoms with Gasteiger partial charge in [0.2, 0.25) is 5.91 Å². The molecule has 0 radical (unpaired) electrons. The number of benzene rings is 1. The lowest BCUT2D eigenvalue weighted by atomic mass is 10.1. The fourth-order valence-electron chi connectivity index (χ4n) is 3.38. The maximum atomic E-state index is 12.4. The van der Waals surface area contributed by atoms with Crippen molar-refractivity contribution >= 4 is 17.5 Å². The second-order valence-corrected chi connectivity index (χ2v) is 7.83. The molecule has 8 heteroatoms. The first-order chi connectivity index (χ1) is 14.2. The van der Waals surface area contributed by atoms with Crippen molar-refractivity contribution in [1.29, 1.82) is 0 Å². The van der Waals surface area contributed by atoms with Crippen LogP contribution in [-0.2, 0) is 17.8 Å². The predicted octanol–water partition coefficient (Wildman–Crippen LogP) is 3.01. The van der Waals surface area contributed by atoms with E-state index in [9.17, 15) is 9.59 Å². The van der Waals surface area contributed by atoms with Crippen molar-refractivity contribution in [3.63, 3.8) is 0 Å². The van der Waals surface area contributed by atoms with Gasteiger partial charge in [-0.1, -0.05) is 13.8 Å². The molecule has 0 saturated heterocycles. The number of nitrogens with zero attached hydrogens (tertiary/aromatic N) is 4. The maximum Gasteiger partial charge on any atom is 0.269 e. The summed E-state index contributed by atoms with van der Waals surface area (Å²) in [6, 6.07) is 8.80. The summed E-state index contributed by atoms with van der Waals surface area (Å²) in [6.45, 7) is 9.26. The number of amides is 2. The average molecular weight is 409 g/mol. The monoisotopic (exact) mass is 408 g/mol. The molecule has 3 aromatic rings. The van der Waals surface area contributed by atoms with Gasteiger partial charge in [0.05, 0.1) is 11.4 Å². The SMILES string of the molecule is Cc1nn(CC(C)C)c(C)c1CCC(=O)Nc1ccc(-n2ccc(C(N)=O)n2)cc1. The van der Waals surface area contributed by atoms with Gasteiger partial charge in [-0.2, -0.15) is 10.2 Å². The number of anilines is 1. The van der Waals surface area contributed by atoms with E-state index in [1.165, 1.54) is 0 Å². The first-order valence-electron chi connectivity index (χ1n) is 10.0. The molecule has 0 bridgehead atoms. The Kier molecular flexibility index (Phi) is 6.34. The zero-order chi connectivity index (χ0) is 21.8. The highest BCUT2D eigenvalue weighted by Crippen LogP contribution is 2.18. The van der Waals surface area contributed by atoms with Crippen LogP contribution in [0.1, 0.15) is 47.7 Å². The predicted molar refractivity (Wildman–Crippen MR) is 116 cm³/mol. The van der Waals surface area contributed by atoms with Crippen molar-refractivity contribution in [2.45, 2.75) is 47.1 Å². The number of carbonyl (C=O) groups excluding carboxylic acids is 2. The lowest BCUT2D eigenvalue weighted by Crippen LogP contribution is -2.13. The smallest absolute Gasteiger partial charge is 0.269 e. The van der Waals surface area contributed by atoms with Crippen molar-refractivity contribution in [2.24, 2.45) is 11.7 Å². The topological polar surface area (TPSA) is 108 Å².